The number of thiazole rings is 2. The smallest absolute Gasteiger partial charge is 0.226 e. The van der Waals surface area contributed by atoms with Gasteiger partial charge in [-0.2, -0.15) is 0 Å². The van der Waals surface area contributed by atoms with Gasteiger partial charge in [0.1, 0.15) is 0 Å². The molecule has 3 rings (SSSR count). The number of nitrogens with one attached hydrogen (secondary N) is 1. The number of nitrogens with zero attached hydrogens (tertiary/aromatic N) is 2. The van der Waals surface area contributed by atoms with Crippen LogP contribution in [0.25, 0.3) is 0 Å². The molecule has 24 heavy (non-hydrogen) atoms. The molecule has 0 aliphatic rings. The Morgan fingerprint density at radius 1 is 1.25 bits per heavy atom. The number of amides is 1. The summed E-state index contributed by atoms with van der Waals surface area (Å²) in [5, 5.41) is 9.54. The number of hydrogen-bond acceptors (Lipinski definition) is 5. The maximum atomic E-state index is 12.0. The second-order valence-corrected chi connectivity index (χ2v) is 7.60. The molecule has 7 heteroatoms. The van der Waals surface area contributed by atoms with E-state index in [9.17, 15) is 4.79 Å². The molecule has 0 spiro atoms. The Bertz CT molecular complexity index is 802. The summed E-state index contributed by atoms with van der Waals surface area (Å²) >= 11 is 9.17. The van der Waals surface area contributed by atoms with Crippen molar-refractivity contribution in [2.24, 2.45) is 0 Å². The molecule has 1 N–H and O–H groups in total. The summed E-state index contributed by atoms with van der Waals surface area (Å²) in [6.45, 7) is 0.603. The highest BCUT2D eigenvalue weighted by molar-refractivity contribution is 7.09. The summed E-state index contributed by atoms with van der Waals surface area (Å²) in [6, 6.07) is 7.75. The van der Waals surface area contributed by atoms with Gasteiger partial charge in [-0.3, -0.25) is 4.79 Å². The third-order valence-corrected chi connectivity index (χ3v) is 5.30. The summed E-state index contributed by atoms with van der Waals surface area (Å²) in [5.74, 6) is -0.00818. The van der Waals surface area contributed by atoms with Crippen LogP contribution in [-0.4, -0.2) is 22.4 Å². The number of aromatic nitrogens is 2. The monoisotopic (exact) mass is 377 g/mol. The van der Waals surface area contributed by atoms with Crippen LogP contribution in [0.2, 0.25) is 5.02 Å². The van der Waals surface area contributed by atoms with Gasteiger partial charge in [-0.1, -0.05) is 23.7 Å². The van der Waals surface area contributed by atoms with Crippen LogP contribution in [0.5, 0.6) is 0 Å². The molecule has 2 aromatic heterocycles. The third kappa shape index (κ3) is 5.12. The Hall–Kier alpha value is -1.76. The van der Waals surface area contributed by atoms with Crippen LogP contribution in [0.1, 0.15) is 21.3 Å². The molecule has 1 aromatic carbocycles. The molecule has 3 aromatic rings. The molecule has 2 heterocycles. The molecule has 0 atom stereocenters. The summed E-state index contributed by atoms with van der Waals surface area (Å²) in [5.41, 5.74) is 1.93. The highest BCUT2D eigenvalue weighted by atomic mass is 35.5. The molecular formula is C17H16ClN3OS2. The highest BCUT2D eigenvalue weighted by Crippen LogP contribution is 2.18. The van der Waals surface area contributed by atoms with E-state index in [1.807, 2.05) is 35.0 Å². The number of rotatable bonds is 7. The first-order valence-electron chi connectivity index (χ1n) is 7.52. The molecule has 4 nitrogen and oxygen atoms in total. The van der Waals surface area contributed by atoms with Crippen molar-refractivity contribution in [3.05, 3.63) is 67.5 Å². The van der Waals surface area contributed by atoms with Crippen molar-refractivity contribution in [1.82, 2.24) is 15.3 Å². The van der Waals surface area contributed by atoms with E-state index in [4.69, 9.17) is 11.6 Å². The van der Waals surface area contributed by atoms with Crippen LogP contribution in [0, 0.1) is 0 Å². The maximum absolute atomic E-state index is 12.0. The first-order chi connectivity index (χ1) is 11.7. The van der Waals surface area contributed by atoms with Gasteiger partial charge in [0, 0.05) is 41.4 Å². The zero-order valence-corrected chi connectivity index (χ0v) is 15.3. The van der Waals surface area contributed by atoms with E-state index < -0.39 is 0 Å². The van der Waals surface area contributed by atoms with Crippen LogP contribution in [-0.2, 0) is 24.1 Å². The SMILES string of the molecule is O=C(Cc1csc(Cc2cccc(Cl)c2)n1)NCCc1nccs1. The topological polar surface area (TPSA) is 54.9 Å². The Balaban J connectivity index is 1.47. The van der Waals surface area contributed by atoms with E-state index in [-0.39, 0.29) is 5.91 Å². The van der Waals surface area contributed by atoms with Crippen LogP contribution >= 0.6 is 34.3 Å². The second-order valence-electron chi connectivity index (χ2n) is 5.24. The first kappa shape index (κ1) is 17.1. The molecule has 0 fully saturated rings. The quantitative estimate of drug-likeness (QED) is 0.682. The van der Waals surface area contributed by atoms with Crippen molar-refractivity contribution in [3.63, 3.8) is 0 Å². The Kier molecular flexibility index (Phi) is 5.96. The van der Waals surface area contributed by atoms with Gasteiger partial charge < -0.3 is 5.32 Å². The Labute approximate surface area is 153 Å². The molecule has 0 bridgehead atoms. The van der Waals surface area contributed by atoms with Crippen LogP contribution in [0.4, 0.5) is 0 Å². The average molecular weight is 378 g/mol. The number of halogens is 1. The maximum Gasteiger partial charge on any atom is 0.226 e. The van der Waals surface area contributed by atoms with Gasteiger partial charge in [-0.15, -0.1) is 22.7 Å². The third-order valence-electron chi connectivity index (χ3n) is 3.33. The molecule has 0 aliphatic carbocycles. The molecule has 0 saturated carbocycles. The zero-order chi connectivity index (χ0) is 16.8. The Morgan fingerprint density at radius 2 is 2.17 bits per heavy atom. The lowest BCUT2D eigenvalue weighted by Crippen LogP contribution is -2.27. The van der Waals surface area contributed by atoms with Crippen molar-refractivity contribution < 1.29 is 4.79 Å². The highest BCUT2D eigenvalue weighted by Gasteiger charge is 2.08. The van der Waals surface area contributed by atoms with Crippen LogP contribution < -0.4 is 5.32 Å². The van der Waals surface area contributed by atoms with Gasteiger partial charge in [0.2, 0.25) is 5.91 Å². The predicted octanol–water partition coefficient (Wildman–Crippen LogP) is 3.75. The van der Waals surface area contributed by atoms with Crippen molar-refractivity contribution in [3.8, 4) is 0 Å². The number of benzene rings is 1. The lowest BCUT2D eigenvalue weighted by molar-refractivity contribution is -0.120. The van der Waals surface area contributed by atoms with E-state index in [0.29, 0.717) is 13.0 Å². The van der Waals surface area contributed by atoms with Crippen molar-refractivity contribution in [2.45, 2.75) is 19.3 Å². The standard InChI is InChI=1S/C17H16ClN3OS2/c18-13-3-1-2-12(8-13)9-17-21-14(11-24-17)10-15(22)19-5-4-16-20-6-7-23-16/h1-3,6-8,11H,4-5,9-10H2,(H,19,22). The van der Waals surface area contributed by atoms with Gasteiger partial charge in [0.05, 0.1) is 22.1 Å². The largest absolute Gasteiger partial charge is 0.355 e. The minimum absolute atomic E-state index is 0.00818. The fourth-order valence-corrected chi connectivity index (χ4v) is 3.91. The second kappa shape index (κ2) is 8.37. The number of carbonyl (C=O) groups is 1. The molecular weight excluding hydrogens is 362 g/mol. The van der Waals surface area contributed by atoms with Gasteiger partial charge in [-0.05, 0) is 17.7 Å². The van der Waals surface area contributed by atoms with Gasteiger partial charge >= 0.3 is 0 Å². The lowest BCUT2D eigenvalue weighted by atomic mass is 10.2. The zero-order valence-electron chi connectivity index (χ0n) is 12.9. The van der Waals surface area contributed by atoms with E-state index in [0.717, 1.165) is 39.1 Å². The summed E-state index contributed by atoms with van der Waals surface area (Å²) in [7, 11) is 0. The molecule has 0 radical (unpaired) electrons. The molecule has 0 aliphatic heterocycles. The summed E-state index contributed by atoms with van der Waals surface area (Å²) in [6.07, 6.45) is 3.58. The molecule has 1 amide bonds. The van der Waals surface area contributed by atoms with Gasteiger partial charge in [0.15, 0.2) is 0 Å². The molecule has 124 valence electrons. The van der Waals surface area contributed by atoms with E-state index >= 15 is 0 Å². The van der Waals surface area contributed by atoms with Crippen LogP contribution in [0.3, 0.4) is 0 Å². The first-order valence-corrected chi connectivity index (χ1v) is 9.65. The van der Waals surface area contributed by atoms with E-state index in [2.05, 4.69) is 15.3 Å². The van der Waals surface area contributed by atoms with Crippen molar-refractivity contribution in [2.75, 3.05) is 6.54 Å². The minimum Gasteiger partial charge on any atom is -0.355 e. The summed E-state index contributed by atoms with van der Waals surface area (Å²) in [4.78, 5) is 20.7. The van der Waals surface area contributed by atoms with Crippen molar-refractivity contribution >= 4 is 40.2 Å². The van der Waals surface area contributed by atoms with E-state index in [1.165, 1.54) is 0 Å². The fourth-order valence-electron chi connectivity index (χ4n) is 2.25. The average Bonchev–Trinajstić information content (AvgIpc) is 3.20. The normalized spacial score (nSPS) is 10.7. The van der Waals surface area contributed by atoms with Crippen molar-refractivity contribution in [1.29, 1.82) is 0 Å². The van der Waals surface area contributed by atoms with Gasteiger partial charge in [0.25, 0.3) is 0 Å². The van der Waals surface area contributed by atoms with Gasteiger partial charge in [-0.25, -0.2) is 9.97 Å². The lowest BCUT2D eigenvalue weighted by Gasteiger charge is -2.02. The van der Waals surface area contributed by atoms with Crippen LogP contribution in [0.15, 0.2) is 41.2 Å². The number of hydrogen-bond donors (Lipinski definition) is 1. The predicted molar refractivity (Wildman–Crippen MR) is 98.9 cm³/mol. The minimum atomic E-state index is -0.00818. The number of carbonyl (C=O) groups excluding carboxylic acids is 1. The molecule has 0 saturated heterocycles. The Morgan fingerprint density at radius 3 is 2.96 bits per heavy atom. The van der Waals surface area contributed by atoms with E-state index in [1.54, 1.807) is 28.9 Å². The summed E-state index contributed by atoms with van der Waals surface area (Å²) < 4.78 is 0. The fraction of sp³-hybridized carbons (Fsp3) is 0.235. The molecule has 0 unspecified atom stereocenters.